The average molecular weight is 367 g/mol. The maximum Gasteiger partial charge on any atom is 0.164 e. The van der Waals surface area contributed by atoms with Gasteiger partial charge >= 0.3 is 0 Å². The molecular formula is C23H26FNO2. The highest BCUT2D eigenvalue weighted by Gasteiger charge is 2.42. The number of halogens is 1. The zero-order valence-electron chi connectivity index (χ0n) is 15.8. The topological polar surface area (TPSA) is 21.7 Å². The number of fused-ring (bicyclic) bond motifs is 3. The fourth-order valence-electron chi connectivity index (χ4n) is 5.24. The first-order valence-electron chi connectivity index (χ1n) is 10.1. The van der Waals surface area contributed by atoms with Gasteiger partial charge in [-0.15, -0.1) is 0 Å². The third kappa shape index (κ3) is 2.82. The van der Waals surface area contributed by atoms with Crippen LogP contribution in [-0.2, 0) is 12.0 Å². The molecule has 142 valence electrons. The summed E-state index contributed by atoms with van der Waals surface area (Å²) >= 11 is 0. The fraction of sp³-hybridized carbons (Fsp3) is 0.478. The Morgan fingerprint density at radius 2 is 2.04 bits per heavy atom. The van der Waals surface area contributed by atoms with Gasteiger partial charge in [-0.05, 0) is 74.4 Å². The minimum Gasteiger partial charge on any atom is -0.486 e. The summed E-state index contributed by atoms with van der Waals surface area (Å²) in [5.74, 6) is 2.12. The summed E-state index contributed by atoms with van der Waals surface area (Å²) in [6, 6.07) is 11.5. The number of benzene rings is 2. The Kier molecular flexibility index (Phi) is 4.12. The Morgan fingerprint density at radius 3 is 2.93 bits per heavy atom. The lowest BCUT2D eigenvalue weighted by molar-refractivity contribution is 0.108. The second-order valence-electron chi connectivity index (χ2n) is 8.23. The monoisotopic (exact) mass is 367 g/mol. The molecule has 1 aliphatic carbocycles. The van der Waals surface area contributed by atoms with E-state index in [2.05, 4.69) is 30.0 Å². The summed E-state index contributed by atoms with van der Waals surface area (Å²) in [5, 5.41) is 0. The Morgan fingerprint density at radius 1 is 1.15 bits per heavy atom. The number of likely N-dealkylation sites (tertiary alicyclic amines) is 1. The van der Waals surface area contributed by atoms with Gasteiger partial charge in [-0.3, -0.25) is 4.90 Å². The molecule has 2 atom stereocenters. The number of nitrogens with zero attached hydrogens (tertiary/aromatic N) is 1. The highest BCUT2D eigenvalue weighted by atomic mass is 19.1. The highest BCUT2D eigenvalue weighted by molar-refractivity contribution is 5.54. The van der Waals surface area contributed by atoms with E-state index >= 15 is 0 Å². The van der Waals surface area contributed by atoms with Gasteiger partial charge < -0.3 is 9.47 Å². The Hall–Kier alpha value is -2.07. The molecule has 2 aromatic carbocycles. The Balaban J connectivity index is 1.46. The van der Waals surface area contributed by atoms with Crippen molar-refractivity contribution in [2.75, 3.05) is 26.3 Å². The van der Waals surface area contributed by atoms with Gasteiger partial charge in [-0.1, -0.05) is 18.2 Å². The highest BCUT2D eigenvalue weighted by Crippen LogP contribution is 2.48. The quantitative estimate of drug-likeness (QED) is 0.772. The SMILES string of the molecule is CC1(N2CCC(c3cccc(F)c3)C2)CCCc2c1ccc1c2OCCO1. The van der Waals surface area contributed by atoms with E-state index < -0.39 is 0 Å². The standard InChI is InChI=1S/C23H26FNO2/c1-23(25-11-9-17(15-25)16-4-2-5-18(24)14-16)10-3-6-19-20(23)7-8-21-22(19)27-13-12-26-21/h2,4-5,7-8,14,17H,3,6,9-13,15H2,1H3. The lowest BCUT2D eigenvalue weighted by atomic mass is 9.76. The third-order valence-corrected chi connectivity index (χ3v) is 6.69. The van der Waals surface area contributed by atoms with Crippen molar-refractivity contribution in [1.29, 1.82) is 0 Å². The minimum atomic E-state index is -0.135. The van der Waals surface area contributed by atoms with Crippen molar-refractivity contribution in [2.24, 2.45) is 0 Å². The second-order valence-corrected chi connectivity index (χ2v) is 8.23. The Bertz CT molecular complexity index is 867. The summed E-state index contributed by atoms with van der Waals surface area (Å²) in [6.07, 6.45) is 4.44. The van der Waals surface area contributed by atoms with Gasteiger partial charge in [-0.2, -0.15) is 0 Å². The van der Waals surface area contributed by atoms with E-state index in [-0.39, 0.29) is 11.4 Å². The number of hydrogen-bond donors (Lipinski definition) is 0. The molecule has 2 unspecified atom stereocenters. The van der Waals surface area contributed by atoms with Crippen molar-refractivity contribution in [3.8, 4) is 11.5 Å². The van der Waals surface area contributed by atoms with Gasteiger partial charge in [0.05, 0.1) is 0 Å². The maximum absolute atomic E-state index is 13.7. The van der Waals surface area contributed by atoms with Crippen molar-refractivity contribution in [1.82, 2.24) is 4.90 Å². The van der Waals surface area contributed by atoms with E-state index in [0.29, 0.717) is 19.1 Å². The summed E-state index contributed by atoms with van der Waals surface area (Å²) in [4.78, 5) is 2.61. The molecule has 1 saturated heterocycles. The van der Waals surface area contributed by atoms with Crippen LogP contribution in [0.15, 0.2) is 36.4 Å². The van der Waals surface area contributed by atoms with Crippen LogP contribution in [-0.4, -0.2) is 31.2 Å². The normalized spacial score (nSPS) is 27.4. The molecule has 3 aliphatic rings. The Labute approximate surface area is 160 Å². The van der Waals surface area contributed by atoms with Crippen molar-refractivity contribution < 1.29 is 13.9 Å². The molecule has 5 rings (SSSR count). The predicted octanol–water partition coefficient (Wildman–Crippen LogP) is 4.64. The molecule has 0 amide bonds. The van der Waals surface area contributed by atoms with Crippen LogP contribution in [0.2, 0.25) is 0 Å². The van der Waals surface area contributed by atoms with Gasteiger partial charge in [0.15, 0.2) is 11.5 Å². The zero-order chi connectivity index (χ0) is 18.4. The summed E-state index contributed by atoms with van der Waals surface area (Å²) in [6.45, 7) is 5.66. The molecule has 2 heterocycles. The molecular weight excluding hydrogens is 341 g/mol. The van der Waals surface area contributed by atoms with Gasteiger partial charge in [0.2, 0.25) is 0 Å². The molecule has 0 radical (unpaired) electrons. The first kappa shape index (κ1) is 17.1. The van der Waals surface area contributed by atoms with E-state index in [4.69, 9.17) is 9.47 Å². The van der Waals surface area contributed by atoms with Crippen molar-refractivity contribution >= 4 is 0 Å². The van der Waals surface area contributed by atoms with Crippen LogP contribution in [0.5, 0.6) is 11.5 Å². The van der Waals surface area contributed by atoms with Gasteiger partial charge in [-0.25, -0.2) is 4.39 Å². The molecule has 1 fully saturated rings. The fourth-order valence-corrected chi connectivity index (χ4v) is 5.24. The number of rotatable bonds is 2. The molecule has 0 N–H and O–H groups in total. The molecule has 0 bridgehead atoms. The summed E-state index contributed by atoms with van der Waals surface area (Å²) < 4.78 is 25.5. The maximum atomic E-state index is 13.7. The molecule has 0 saturated carbocycles. The summed E-state index contributed by atoms with van der Waals surface area (Å²) in [7, 11) is 0. The molecule has 27 heavy (non-hydrogen) atoms. The summed E-state index contributed by atoms with van der Waals surface area (Å²) in [5.41, 5.74) is 3.85. The van der Waals surface area contributed by atoms with Gasteiger partial charge in [0.25, 0.3) is 0 Å². The lowest BCUT2D eigenvalue weighted by Crippen LogP contribution is -2.45. The number of hydrogen-bond acceptors (Lipinski definition) is 3. The van der Waals surface area contributed by atoms with Crippen LogP contribution >= 0.6 is 0 Å². The molecule has 4 heteroatoms. The van der Waals surface area contributed by atoms with Crippen LogP contribution < -0.4 is 9.47 Å². The van der Waals surface area contributed by atoms with E-state index in [1.165, 1.54) is 17.2 Å². The van der Waals surface area contributed by atoms with E-state index in [0.717, 1.165) is 55.8 Å². The second kappa shape index (κ2) is 6.52. The molecule has 0 aromatic heterocycles. The van der Waals surface area contributed by atoms with E-state index in [9.17, 15) is 4.39 Å². The zero-order valence-corrected chi connectivity index (χ0v) is 15.8. The van der Waals surface area contributed by atoms with Crippen LogP contribution in [0.25, 0.3) is 0 Å². The van der Waals surface area contributed by atoms with Crippen LogP contribution in [0, 0.1) is 5.82 Å². The first-order chi connectivity index (χ1) is 13.1. The molecule has 2 aliphatic heterocycles. The molecule has 2 aromatic rings. The predicted molar refractivity (Wildman–Crippen MR) is 103 cm³/mol. The smallest absolute Gasteiger partial charge is 0.164 e. The average Bonchev–Trinajstić information content (AvgIpc) is 3.19. The van der Waals surface area contributed by atoms with Crippen LogP contribution in [0.3, 0.4) is 0 Å². The van der Waals surface area contributed by atoms with E-state index in [1.54, 1.807) is 6.07 Å². The minimum absolute atomic E-state index is 0.00545. The number of ether oxygens (including phenoxy) is 2. The third-order valence-electron chi connectivity index (χ3n) is 6.69. The van der Waals surface area contributed by atoms with Crippen molar-refractivity contribution in [2.45, 2.75) is 44.1 Å². The van der Waals surface area contributed by atoms with E-state index in [1.807, 2.05) is 6.07 Å². The van der Waals surface area contributed by atoms with Crippen molar-refractivity contribution in [3.63, 3.8) is 0 Å². The van der Waals surface area contributed by atoms with Gasteiger partial charge in [0.1, 0.15) is 19.0 Å². The van der Waals surface area contributed by atoms with Gasteiger partial charge in [0, 0.05) is 17.6 Å². The first-order valence-corrected chi connectivity index (χ1v) is 10.1. The molecule has 0 spiro atoms. The molecule has 3 nitrogen and oxygen atoms in total. The van der Waals surface area contributed by atoms with Crippen LogP contribution in [0.4, 0.5) is 4.39 Å². The largest absolute Gasteiger partial charge is 0.486 e. The van der Waals surface area contributed by atoms with Crippen LogP contribution in [0.1, 0.15) is 48.8 Å². The van der Waals surface area contributed by atoms with Crippen molar-refractivity contribution in [3.05, 3.63) is 58.9 Å². The lowest BCUT2D eigenvalue weighted by Gasteiger charge is -2.44.